The van der Waals surface area contributed by atoms with E-state index in [9.17, 15) is 4.79 Å². The predicted octanol–water partition coefficient (Wildman–Crippen LogP) is 4.32. The standard InChI is InChI=1S/C21H22Cl2O2Se2/c1-3-4-5-6-19(26-17-11-7-15(22)8-12-17)20(21(24)25-2)27-18-13-9-16(23)10-14-18/h7-14H,3-6H2,1-2H3. The van der Waals surface area contributed by atoms with Crippen LogP contribution >= 0.6 is 23.2 Å². The van der Waals surface area contributed by atoms with E-state index in [1.165, 1.54) is 16.0 Å². The zero-order chi connectivity index (χ0) is 19.6. The first-order valence-electron chi connectivity index (χ1n) is 8.71. The van der Waals surface area contributed by atoms with E-state index >= 15 is 0 Å². The van der Waals surface area contributed by atoms with Gasteiger partial charge in [-0.05, 0) is 0 Å². The number of ether oxygens (including phenoxy) is 1. The van der Waals surface area contributed by atoms with Crippen molar-refractivity contribution in [2.75, 3.05) is 7.11 Å². The van der Waals surface area contributed by atoms with Gasteiger partial charge in [0.2, 0.25) is 0 Å². The fourth-order valence-electron chi connectivity index (χ4n) is 2.32. The number of allylic oxidation sites excluding steroid dienone is 1. The summed E-state index contributed by atoms with van der Waals surface area (Å²) in [4.78, 5) is 12.6. The fourth-order valence-corrected chi connectivity index (χ4v) is 7.40. The summed E-state index contributed by atoms with van der Waals surface area (Å²) < 4.78 is 9.52. The number of hydrogen-bond acceptors (Lipinski definition) is 2. The molecule has 0 unspecified atom stereocenters. The van der Waals surface area contributed by atoms with Crippen molar-refractivity contribution in [3.63, 3.8) is 0 Å². The van der Waals surface area contributed by atoms with Gasteiger partial charge in [-0.25, -0.2) is 0 Å². The molecule has 2 rings (SSSR count). The number of carbonyl (C=O) groups is 1. The Morgan fingerprint density at radius 2 is 1.41 bits per heavy atom. The van der Waals surface area contributed by atoms with Gasteiger partial charge in [-0.1, -0.05) is 0 Å². The summed E-state index contributed by atoms with van der Waals surface area (Å²) in [6.07, 6.45) is 4.31. The molecule has 0 aliphatic heterocycles. The van der Waals surface area contributed by atoms with Crippen molar-refractivity contribution in [3.05, 3.63) is 67.5 Å². The molecule has 27 heavy (non-hydrogen) atoms. The van der Waals surface area contributed by atoms with Gasteiger partial charge >= 0.3 is 185 Å². The van der Waals surface area contributed by atoms with Crippen molar-refractivity contribution in [1.29, 1.82) is 0 Å². The molecule has 0 amide bonds. The van der Waals surface area contributed by atoms with Crippen molar-refractivity contribution in [2.24, 2.45) is 0 Å². The topological polar surface area (TPSA) is 26.3 Å². The number of benzene rings is 2. The Kier molecular flexibility index (Phi) is 10.00. The van der Waals surface area contributed by atoms with Crippen LogP contribution in [-0.2, 0) is 9.53 Å². The van der Waals surface area contributed by atoms with Gasteiger partial charge in [0.25, 0.3) is 0 Å². The second-order valence-corrected chi connectivity index (χ2v) is 11.4. The van der Waals surface area contributed by atoms with Crippen LogP contribution in [0.1, 0.15) is 32.6 Å². The minimum atomic E-state index is -0.215. The molecule has 0 aliphatic carbocycles. The van der Waals surface area contributed by atoms with E-state index in [0.717, 1.165) is 39.6 Å². The van der Waals surface area contributed by atoms with Crippen molar-refractivity contribution in [1.82, 2.24) is 0 Å². The fraction of sp³-hybridized carbons (Fsp3) is 0.286. The summed E-state index contributed by atoms with van der Waals surface area (Å²) in [6, 6.07) is 15.6. The molecule has 0 heterocycles. The summed E-state index contributed by atoms with van der Waals surface area (Å²) in [5.74, 6) is -0.215. The summed E-state index contributed by atoms with van der Waals surface area (Å²) in [5.41, 5.74) is 0. The third-order valence-electron chi connectivity index (χ3n) is 3.72. The van der Waals surface area contributed by atoms with Gasteiger partial charge in [0, 0.05) is 0 Å². The Morgan fingerprint density at radius 1 is 0.889 bits per heavy atom. The molecule has 0 N–H and O–H groups in total. The van der Waals surface area contributed by atoms with E-state index in [1.807, 2.05) is 48.5 Å². The molecule has 0 radical (unpaired) electrons. The molecule has 0 bridgehead atoms. The van der Waals surface area contributed by atoms with Crippen molar-refractivity contribution in [3.8, 4) is 0 Å². The normalized spacial score (nSPS) is 11.9. The van der Waals surface area contributed by atoms with Gasteiger partial charge in [-0.3, -0.25) is 0 Å². The molecule has 0 fully saturated rings. The second-order valence-electron chi connectivity index (χ2n) is 5.81. The molecule has 2 aromatic carbocycles. The predicted molar refractivity (Wildman–Crippen MR) is 117 cm³/mol. The molecule has 0 saturated carbocycles. The molecule has 2 nitrogen and oxygen atoms in total. The molecule has 0 aromatic heterocycles. The SMILES string of the molecule is CCCCCC([Se]c1ccc(Cl)cc1)=C([Se]c1ccc(Cl)cc1)C(=O)OC. The second kappa shape index (κ2) is 12.0. The van der Waals surface area contributed by atoms with Crippen LogP contribution in [0.5, 0.6) is 0 Å². The zero-order valence-corrected chi connectivity index (χ0v) is 20.3. The van der Waals surface area contributed by atoms with E-state index < -0.39 is 0 Å². The number of methoxy groups -OCH3 is 1. The molecule has 144 valence electrons. The molecule has 0 aliphatic rings. The van der Waals surface area contributed by atoms with E-state index in [0.29, 0.717) is 5.02 Å². The van der Waals surface area contributed by atoms with Crippen LogP contribution in [0.3, 0.4) is 0 Å². The van der Waals surface area contributed by atoms with Gasteiger partial charge in [-0.15, -0.1) is 0 Å². The van der Waals surface area contributed by atoms with Crippen LogP contribution in [0, 0.1) is 0 Å². The van der Waals surface area contributed by atoms with Crippen LogP contribution in [0.4, 0.5) is 0 Å². The number of hydrogen-bond donors (Lipinski definition) is 0. The van der Waals surface area contributed by atoms with Crippen LogP contribution < -0.4 is 8.92 Å². The van der Waals surface area contributed by atoms with Crippen LogP contribution in [-0.4, -0.2) is 43.0 Å². The minimum absolute atomic E-state index is 0.0655. The Morgan fingerprint density at radius 3 is 1.89 bits per heavy atom. The molecular formula is C21H22Cl2O2Se2. The Hall–Kier alpha value is -0.731. The molecule has 2 aromatic rings. The van der Waals surface area contributed by atoms with E-state index in [4.69, 9.17) is 27.9 Å². The van der Waals surface area contributed by atoms with Gasteiger partial charge in [0.05, 0.1) is 0 Å². The number of rotatable bonds is 9. The molecule has 0 saturated heterocycles. The average molecular weight is 535 g/mol. The Labute approximate surface area is 184 Å². The number of halogens is 2. The molecule has 0 atom stereocenters. The first-order valence-corrected chi connectivity index (χ1v) is 12.9. The maximum absolute atomic E-state index is 12.6. The molecular weight excluding hydrogens is 513 g/mol. The average Bonchev–Trinajstić information content (AvgIpc) is 2.68. The first-order chi connectivity index (χ1) is 13.0. The third-order valence-corrected chi connectivity index (χ3v) is 9.68. The van der Waals surface area contributed by atoms with Crippen molar-refractivity contribution < 1.29 is 9.53 Å². The summed E-state index contributed by atoms with van der Waals surface area (Å²) in [6.45, 7) is 2.19. The summed E-state index contributed by atoms with van der Waals surface area (Å²) in [5, 5.41) is 1.43. The summed E-state index contributed by atoms with van der Waals surface area (Å²) in [7, 11) is 1.46. The quantitative estimate of drug-likeness (QED) is 0.207. The zero-order valence-electron chi connectivity index (χ0n) is 15.3. The van der Waals surface area contributed by atoms with Crippen LogP contribution in [0.25, 0.3) is 0 Å². The Balaban J connectivity index is 2.36. The maximum atomic E-state index is 12.6. The van der Waals surface area contributed by atoms with Gasteiger partial charge in [0.1, 0.15) is 0 Å². The van der Waals surface area contributed by atoms with E-state index in [2.05, 4.69) is 6.92 Å². The van der Waals surface area contributed by atoms with Crippen molar-refractivity contribution in [2.45, 2.75) is 32.6 Å². The van der Waals surface area contributed by atoms with Gasteiger partial charge in [-0.2, -0.15) is 0 Å². The third kappa shape index (κ3) is 7.66. The number of carbonyl (C=O) groups excluding carboxylic acids is 1. The van der Waals surface area contributed by atoms with E-state index in [-0.39, 0.29) is 35.9 Å². The molecule has 6 heteroatoms. The Bertz CT molecular complexity index is 772. The summed E-state index contributed by atoms with van der Waals surface area (Å²) >= 11 is 12.0. The number of esters is 1. The van der Waals surface area contributed by atoms with Crippen LogP contribution in [0.15, 0.2) is 57.5 Å². The van der Waals surface area contributed by atoms with Gasteiger partial charge in [0.15, 0.2) is 0 Å². The number of unbranched alkanes of at least 4 members (excludes halogenated alkanes) is 2. The first kappa shape index (κ1) is 22.6. The van der Waals surface area contributed by atoms with E-state index in [1.54, 1.807) is 0 Å². The molecule has 0 spiro atoms. The van der Waals surface area contributed by atoms with Crippen LogP contribution in [0.2, 0.25) is 10.0 Å². The van der Waals surface area contributed by atoms with Crippen molar-refractivity contribution >= 4 is 68.0 Å². The van der Waals surface area contributed by atoms with Gasteiger partial charge < -0.3 is 0 Å². The monoisotopic (exact) mass is 536 g/mol.